The lowest BCUT2D eigenvalue weighted by Crippen LogP contribution is -2.62. The van der Waals surface area contributed by atoms with E-state index >= 15 is 4.79 Å². The third-order valence-corrected chi connectivity index (χ3v) is 17.1. The summed E-state index contributed by atoms with van der Waals surface area (Å²) < 4.78 is 5.90. The van der Waals surface area contributed by atoms with Gasteiger partial charge in [0.05, 0.1) is 18.8 Å². The maximum Gasteiger partial charge on any atom is 0.328 e. The van der Waals surface area contributed by atoms with E-state index < -0.39 is 163 Å². The maximum atomic E-state index is 15.1. The van der Waals surface area contributed by atoms with Crippen molar-refractivity contribution in [2.45, 2.75) is 172 Å². The summed E-state index contributed by atoms with van der Waals surface area (Å²) in [7, 11) is 1.42. The molecule has 5 aliphatic rings. The van der Waals surface area contributed by atoms with Crippen LogP contribution in [0.1, 0.15) is 97.6 Å². The van der Waals surface area contributed by atoms with Gasteiger partial charge in [-0.05, 0) is 66.7 Å². The predicted octanol–water partition coefficient (Wildman–Crippen LogP) is -1.76. The van der Waals surface area contributed by atoms with Crippen LogP contribution in [0.2, 0.25) is 0 Å². The van der Waals surface area contributed by atoms with Crippen LogP contribution in [-0.4, -0.2) is 229 Å². The lowest BCUT2D eigenvalue weighted by atomic mass is 9.95. The van der Waals surface area contributed by atoms with Crippen LogP contribution < -0.4 is 26.6 Å². The number of nitrogens with one attached hydrogen (secondary N) is 5. The number of aromatic hydroxyl groups is 1. The summed E-state index contributed by atoms with van der Waals surface area (Å²) in [4.78, 5) is 165. The van der Waals surface area contributed by atoms with Crippen LogP contribution >= 0.6 is 0 Å². The Morgan fingerprint density at radius 3 is 1.86 bits per heavy atom. The molecule has 2 aromatic carbocycles. The van der Waals surface area contributed by atoms with Crippen molar-refractivity contribution < 1.29 is 77.9 Å². The number of phenolic OH excluding ortho intramolecular Hbond substituents is 1. The van der Waals surface area contributed by atoms with Gasteiger partial charge in [-0.2, -0.15) is 0 Å². The number of cyclic esters (lactones) is 1. The number of benzene rings is 2. The van der Waals surface area contributed by atoms with E-state index in [2.05, 4.69) is 26.6 Å². The molecule has 10 amide bonds. The fourth-order valence-corrected chi connectivity index (χ4v) is 12.1. The first-order chi connectivity index (χ1) is 40.8. The third-order valence-electron chi connectivity index (χ3n) is 17.1. The van der Waals surface area contributed by atoms with E-state index in [4.69, 9.17) is 4.74 Å². The number of fused-ring (bicyclic) bond motifs is 4. The number of carbonyl (C=O) groups is 11. The van der Waals surface area contributed by atoms with Crippen LogP contribution in [0.15, 0.2) is 54.6 Å². The number of ether oxygens (including phenoxy) is 1. The number of nitrogens with zero attached hydrogens (tertiary/aromatic N) is 5. The topological polar surface area (TPSA) is 354 Å². The number of rotatable bonds is 12. The molecule has 470 valence electrons. The van der Waals surface area contributed by atoms with Crippen molar-refractivity contribution in [3.8, 4) is 5.75 Å². The highest BCUT2D eigenvalue weighted by Gasteiger charge is 2.51. The van der Waals surface area contributed by atoms with Crippen molar-refractivity contribution in [2.75, 3.05) is 46.4 Å². The van der Waals surface area contributed by atoms with Gasteiger partial charge < -0.3 is 76.2 Å². The molecule has 2 aromatic rings. The van der Waals surface area contributed by atoms with E-state index in [0.29, 0.717) is 24.0 Å². The number of amides is 10. The number of phenols is 1. The highest BCUT2D eigenvalue weighted by atomic mass is 16.5. The minimum atomic E-state index is -1.77. The molecule has 86 heavy (non-hydrogen) atoms. The first-order valence-corrected chi connectivity index (χ1v) is 29.7. The van der Waals surface area contributed by atoms with Crippen LogP contribution in [0.25, 0.3) is 0 Å². The predicted molar refractivity (Wildman–Crippen MR) is 307 cm³/mol. The number of aliphatic hydroxyl groups excluding tert-OH is 3. The van der Waals surface area contributed by atoms with E-state index in [0.717, 1.165) is 9.80 Å². The Morgan fingerprint density at radius 1 is 0.686 bits per heavy atom. The Morgan fingerprint density at radius 2 is 1.27 bits per heavy atom. The summed E-state index contributed by atoms with van der Waals surface area (Å²) in [5.74, 6) is -10.3. The summed E-state index contributed by atoms with van der Waals surface area (Å²) >= 11 is 0. The second kappa shape index (κ2) is 29.1. The zero-order valence-corrected chi connectivity index (χ0v) is 49.9. The molecule has 5 saturated heterocycles. The summed E-state index contributed by atoms with van der Waals surface area (Å²) in [6.45, 7) is 7.42. The van der Waals surface area contributed by atoms with Crippen LogP contribution in [0, 0.1) is 17.8 Å². The quantitative estimate of drug-likeness (QED) is 0.106. The van der Waals surface area contributed by atoms with Crippen molar-refractivity contribution in [2.24, 2.45) is 17.8 Å². The average Bonchev–Trinajstić information content (AvgIpc) is 1.82. The summed E-state index contributed by atoms with van der Waals surface area (Å²) in [5.41, 5.74) is 1.11. The molecule has 5 aliphatic heterocycles. The number of likely N-dealkylation sites (N-methyl/N-ethyl adjacent to an activating group) is 1. The molecule has 0 aromatic heterocycles. The van der Waals surface area contributed by atoms with Crippen molar-refractivity contribution in [1.29, 1.82) is 0 Å². The van der Waals surface area contributed by atoms with Gasteiger partial charge in [-0.15, -0.1) is 0 Å². The normalized spacial score (nSPS) is 29.3. The minimum absolute atomic E-state index is 0.0100. The van der Waals surface area contributed by atoms with Crippen molar-refractivity contribution in [3.63, 3.8) is 0 Å². The second-order valence-corrected chi connectivity index (χ2v) is 24.1. The molecule has 7 rings (SSSR count). The fraction of sp³-hybridized carbons (Fsp3) is 0.617. The third kappa shape index (κ3) is 15.8. The van der Waals surface area contributed by atoms with Crippen molar-refractivity contribution in [1.82, 2.24) is 51.1 Å². The van der Waals surface area contributed by atoms with Crippen LogP contribution in [0.3, 0.4) is 0 Å². The van der Waals surface area contributed by atoms with E-state index in [1.165, 1.54) is 52.9 Å². The van der Waals surface area contributed by atoms with Gasteiger partial charge in [0.1, 0.15) is 72.8 Å². The Bertz CT molecular complexity index is 2820. The first kappa shape index (κ1) is 65.8. The van der Waals surface area contributed by atoms with E-state index in [1.807, 2.05) is 13.8 Å². The average molecular weight is 1200 g/mol. The minimum Gasteiger partial charge on any atom is -0.508 e. The molecule has 0 aliphatic carbocycles. The Labute approximate surface area is 500 Å². The van der Waals surface area contributed by atoms with Gasteiger partial charge in [-0.25, -0.2) is 4.79 Å². The van der Waals surface area contributed by atoms with Gasteiger partial charge in [0.15, 0.2) is 0 Å². The molecule has 5 heterocycles. The molecule has 5 fully saturated rings. The Hall–Kier alpha value is -7.71. The lowest BCUT2D eigenvalue weighted by molar-refractivity contribution is -0.158. The number of esters is 1. The molecule has 9 N–H and O–H groups in total. The van der Waals surface area contributed by atoms with Gasteiger partial charge in [0.25, 0.3) is 0 Å². The summed E-state index contributed by atoms with van der Waals surface area (Å²) in [6, 6.07) is 0.281. The monoisotopic (exact) mass is 1200 g/mol. The fourth-order valence-electron chi connectivity index (χ4n) is 12.1. The van der Waals surface area contributed by atoms with Crippen molar-refractivity contribution >= 4 is 65.0 Å². The number of hydrogen-bond acceptors (Lipinski definition) is 16. The van der Waals surface area contributed by atoms with Gasteiger partial charge >= 0.3 is 5.97 Å². The van der Waals surface area contributed by atoms with Crippen LogP contribution in [0.5, 0.6) is 5.75 Å². The van der Waals surface area contributed by atoms with Gasteiger partial charge in [0, 0.05) is 65.8 Å². The first-order valence-electron chi connectivity index (χ1n) is 29.7. The molecule has 26 heteroatoms. The highest BCUT2D eigenvalue weighted by Crippen LogP contribution is 2.32. The second-order valence-electron chi connectivity index (χ2n) is 24.1. The Kier molecular flexibility index (Phi) is 22.3. The summed E-state index contributed by atoms with van der Waals surface area (Å²) in [6.07, 6.45) is -2.56. The SMILES string of the molecule is CC[C@H](C)[C@@H]1NC(=O)[C@@H](CC(C)C)NC(=O)[C@@H]2CCCN2C(=O)[C@@H](NC(=O)[C@H](Cc2ccccc2)N(C)C(C)=O)COC(=O)[C@@H]2C[C@H](C)CN2C(=O)[C@@H]2C[C@@H](O)CN2C(=O)[C@@H]2C[C@@H](O)CN2C(=O)[C@H](CO)NC(=O)[C@H](Cc2ccc(O)cc2)NC1=O. The number of carbonyl (C=O) groups excluding carboxylic acids is 11. The lowest BCUT2D eigenvalue weighted by Gasteiger charge is -2.35. The van der Waals surface area contributed by atoms with Gasteiger partial charge in [-0.3, -0.25) is 47.9 Å². The van der Waals surface area contributed by atoms with Crippen LogP contribution in [-0.2, 0) is 70.3 Å². The number of hydrogen-bond donors (Lipinski definition) is 9. The highest BCUT2D eigenvalue weighted by molar-refractivity contribution is 6.00. The molecule has 0 bridgehead atoms. The molecule has 0 spiro atoms. The zero-order valence-electron chi connectivity index (χ0n) is 49.9. The molecule has 0 radical (unpaired) electrons. The standard InChI is InChI=1S/C60H84N10O16/c1-8-34(5)50-55(80)62-42(23-37-16-18-38(73)19-17-37)51(76)63-43(30-71)56(81)69-28-39(74)25-47(69)59(84)70-29-40(75)26-48(70)58(83)68-27-33(4)22-49(68)60(85)86-31-44(64-54(79)46(66(7)35(6)72)24-36-13-10-9-11-14-36)57(82)67-20-12-15-45(67)53(78)61-41(21-32(2)3)52(77)65-50/h9-11,13-14,16-19,32-34,39-50,71,73-75H,8,12,15,20-31H2,1-7H3,(H,61,78)(H,62,80)(H,63,76)(H,64,79)(H,65,77)/t33-,34-,39+,40+,41+,42-,43-,44-,45-,46-,47-,48-,49-,50-/m0/s1. The smallest absolute Gasteiger partial charge is 0.328 e. The van der Waals surface area contributed by atoms with Crippen molar-refractivity contribution in [3.05, 3.63) is 65.7 Å². The maximum absolute atomic E-state index is 15.1. The molecule has 0 unspecified atom stereocenters. The van der Waals surface area contributed by atoms with E-state index in [-0.39, 0.29) is 82.2 Å². The molecule has 0 saturated carbocycles. The van der Waals surface area contributed by atoms with Gasteiger partial charge in [-0.1, -0.05) is 83.5 Å². The molecule has 14 atom stereocenters. The van der Waals surface area contributed by atoms with Crippen LogP contribution in [0.4, 0.5) is 0 Å². The molecular weight excluding hydrogens is 1120 g/mol. The zero-order chi connectivity index (χ0) is 62.8. The van der Waals surface area contributed by atoms with Gasteiger partial charge in [0.2, 0.25) is 59.1 Å². The molecule has 26 nitrogen and oxygen atoms in total. The largest absolute Gasteiger partial charge is 0.508 e. The Balaban J connectivity index is 1.28. The summed E-state index contributed by atoms with van der Waals surface area (Å²) in [5, 5.41) is 56.4. The van der Waals surface area contributed by atoms with E-state index in [9.17, 15) is 68.4 Å². The van der Waals surface area contributed by atoms with E-state index in [1.54, 1.807) is 51.1 Å². The molecular formula is C60H84N10O16. The number of aliphatic hydroxyl groups is 3.